The Morgan fingerprint density at radius 2 is 1.20 bits per heavy atom. The lowest BCUT2D eigenvalue weighted by Crippen LogP contribution is -2.53. The normalized spacial score (nSPS) is 26.8. The van der Waals surface area contributed by atoms with Gasteiger partial charge in [-0.05, 0) is 46.2 Å². The SMILES string of the molecule is C[N+]1(C)C2CCC1CC(=C1c3ccccc3CCc3ccccc31)C2. The van der Waals surface area contributed by atoms with Gasteiger partial charge in [-0.1, -0.05) is 48.5 Å². The van der Waals surface area contributed by atoms with E-state index < -0.39 is 0 Å². The molecule has 2 aromatic rings. The summed E-state index contributed by atoms with van der Waals surface area (Å²) in [6.07, 6.45) is 7.69. The Labute approximate surface area is 151 Å². The molecule has 128 valence electrons. The molecule has 2 atom stereocenters. The molecule has 0 spiro atoms. The first kappa shape index (κ1) is 15.4. The molecule has 2 bridgehead atoms. The molecule has 2 aliphatic heterocycles. The maximum absolute atomic E-state index is 2.46. The first-order valence-electron chi connectivity index (χ1n) is 9.86. The maximum atomic E-state index is 2.46. The van der Waals surface area contributed by atoms with Gasteiger partial charge in [-0.2, -0.15) is 0 Å². The lowest BCUT2D eigenvalue weighted by Gasteiger charge is -2.43. The zero-order chi connectivity index (χ0) is 17.0. The van der Waals surface area contributed by atoms with Crippen LogP contribution < -0.4 is 0 Å². The molecule has 2 heterocycles. The van der Waals surface area contributed by atoms with Crippen molar-refractivity contribution >= 4 is 5.57 Å². The zero-order valence-corrected chi connectivity index (χ0v) is 15.5. The largest absolute Gasteiger partial charge is 0.323 e. The summed E-state index contributed by atoms with van der Waals surface area (Å²) < 4.78 is 1.24. The van der Waals surface area contributed by atoms with Crippen LogP contribution in [0, 0.1) is 0 Å². The first-order valence-corrected chi connectivity index (χ1v) is 9.86. The van der Waals surface area contributed by atoms with Crippen molar-refractivity contribution in [3.8, 4) is 0 Å². The van der Waals surface area contributed by atoms with Crippen molar-refractivity contribution in [1.82, 2.24) is 0 Å². The second kappa shape index (κ2) is 5.57. The quantitative estimate of drug-likeness (QED) is 0.597. The third-order valence-electron chi connectivity index (χ3n) is 7.27. The average Bonchev–Trinajstić information content (AvgIpc) is 2.81. The number of piperidine rings is 1. The van der Waals surface area contributed by atoms with E-state index in [0.29, 0.717) is 0 Å². The highest BCUT2D eigenvalue weighted by Crippen LogP contribution is 2.46. The fourth-order valence-electron chi connectivity index (χ4n) is 5.64. The van der Waals surface area contributed by atoms with Gasteiger partial charge >= 0.3 is 0 Å². The molecule has 0 radical (unpaired) electrons. The lowest BCUT2D eigenvalue weighted by molar-refractivity contribution is -0.928. The molecule has 0 saturated carbocycles. The van der Waals surface area contributed by atoms with E-state index in [4.69, 9.17) is 0 Å². The molecule has 2 fully saturated rings. The maximum Gasteiger partial charge on any atom is 0.0928 e. The van der Waals surface area contributed by atoms with E-state index in [-0.39, 0.29) is 0 Å². The van der Waals surface area contributed by atoms with Gasteiger partial charge < -0.3 is 4.48 Å². The molecule has 3 aliphatic rings. The summed E-state index contributed by atoms with van der Waals surface area (Å²) in [5.74, 6) is 0. The van der Waals surface area contributed by atoms with Gasteiger partial charge in [0.1, 0.15) is 0 Å². The Morgan fingerprint density at radius 3 is 1.72 bits per heavy atom. The summed E-state index contributed by atoms with van der Waals surface area (Å²) in [6.45, 7) is 0. The molecule has 2 unspecified atom stereocenters. The molecular weight excluding hydrogens is 302 g/mol. The van der Waals surface area contributed by atoms with Crippen LogP contribution in [0.4, 0.5) is 0 Å². The monoisotopic (exact) mass is 330 g/mol. The van der Waals surface area contributed by atoms with E-state index in [9.17, 15) is 0 Å². The number of rotatable bonds is 0. The summed E-state index contributed by atoms with van der Waals surface area (Å²) in [5, 5.41) is 0. The molecule has 0 aromatic heterocycles. The van der Waals surface area contributed by atoms with E-state index in [2.05, 4.69) is 62.6 Å². The second-order valence-electron chi connectivity index (χ2n) is 8.72. The third kappa shape index (κ3) is 2.33. The zero-order valence-electron chi connectivity index (χ0n) is 15.5. The number of aryl methyl sites for hydroxylation is 2. The molecule has 1 aliphatic carbocycles. The molecule has 2 aromatic carbocycles. The molecule has 0 N–H and O–H groups in total. The van der Waals surface area contributed by atoms with Crippen LogP contribution >= 0.6 is 0 Å². The van der Waals surface area contributed by atoms with Gasteiger partial charge in [-0.25, -0.2) is 0 Å². The third-order valence-corrected chi connectivity index (χ3v) is 7.27. The number of nitrogens with zero attached hydrogens (tertiary/aromatic N) is 1. The fraction of sp³-hybridized carbons (Fsp3) is 0.417. The van der Waals surface area contributed by atoms with Gasteiger partial charge in [-0.3, -0.25) is 0 Å². The molecule has 25 heavy (non-hydrogen) atoms. The minimum atomic E-state index is 0.809. The van der Waals surface area contributed by atoms with Crippen LogP contribution in [0.2, 0.25) is 0 Å². The van der Waals surface area contributed by atoms with Crippen LogP contribution in [0.1, 0.15) is 47.9 Å². The Hall–Kier alpha value is -1.86. The highest BCUT2D eigenvalue weighted by Gasteiger charge is 2.47. The smallest absolute Gasteiger partial charge is 0.0928 e. The van der Waals surface area contributed by atoms with Crippen molar-refractivity contribution in [2.75, 3.05) is 14.1 Å². The summed E-state index contributed by atoms with van der Waals surface area (Å²) in [7, 11) is 4.91. The van der Waals surface area contributed by atoms with Crippen LogP contribution in [0.15, 0.2) is 54.1 Å². The summed E-state index contributed by atoms with van der Waals surface area (Å²) >= 11 is 0. The topological polar surface area (TPSA) is 0 Å². The predicted octanol–water partition coefficient (Wildman–Crippen LogP) is 4.99. The number of benzene rings is 2. The second-order valence-corrected chi connectivity index (χ2v) is 8.72. The van der Waals surface area contributed by atoms with Crippen LogP contribution in [-0.2, 0) is 12.8 Å². The summed E-state index contributed by atoms with van der Waals surface area (Å²) in [6, 6.07) is 19.9. The molecule has 1 nitrogen and oxygen atoms in total. The summed E-state index contributed by atoms with van der Waals surface area (Å²) in [5.41, 5.74) is 9.40. The Kier molecular flexibility index (Phi) is 3.43. The van der Waals surface area contributed by atoms with E-state index in [0.717, 1.165) is 12.1 Å². The Bertz CT molecular complexity index is 790. The van der Waals surface area contributed by atoms with Gasteiger partial charge in [0.25, 0.3) is 0 Å². The predicted molar refractivity (Wildman–Crippen MR) is 104 cm³/mol. The van der Waals surface area contributed by atoms with Gasteiger partial charge in [0, 0.05) is 25.7 Å². The van der Waals surface area contributed by atoms with Crippen LogP contribution in [-0.4, -0.2) is 30.7 Å². The molecule has 0 amide bonds. The van der Waals surface area contributed by atoms with Crippen LogP contribution in [0.25, 0.3) is 5.57 Å². The van der Waals surface area contributed by atoms with Crippen molar-refractivity contribution < 1.29 is 4.48 Å². The van der Waals surface area contributed by atoms with Crippen molar-refractivity contribution in [3.63, 3.8) is 0 Å². The number of fused-ring (bicyclic) bond motifs is 4. The van der Waals surface area contributed by atoms with Gasteiger partial charge in [0.05, 0.1) is 26.2 Å². The number of hydrogen-bond acceptors (Lipinski definition) is 0. The average molecular weight is 330 g/mol. The summed E-state index contributed by atoms with van der Waals surface area (Å²) in [4.78, 5) is 0. The van der Waals surface area contributed by atoms with Gasteiger partial charge in [0.2, 0.25) is 0 Å². The van der Waals surface area contributed by atoms with Crippen molar-refractivity contribution in [2.45, 2.75) is 50.6 Å². The fourth-order valence-corrected chi connectivity index (χ4v) is 5.64. The van der Waals surface area contributed by atoms with Gasteiger partial charge in [0.15, 0.2) is 0 Å². The van der Waals surface area contributed by atoms with Crippen LogP contribution in [0.3, 0.4) is 0 Å². The highest BCUT2D eigenvalue weighted by atomic mass is 15.4. The molecular formula is C24H28N+. The van der Waals surface area contributed by atoms with E-state index in [1.165, 1.54) is 65.3 Å². The Balaban J connectivity index is 1.73. The minimum absolute atomic E-state index is 0.809. The number of hydrogen-bond donors (Lipinski definition) is 0. The Morgan fingerprint density at radius 1 is 0.720 bits per heavy atom. The van der Waals surface area contributed by atoms with E-state index in [1.54, 1.807) is 11.1 Å². The van der Waals surface area contributed by atoms with Crippen molar-refractivity contribution in [1.29, 1.82) is 0 Å². The van der Waals surface area contributed by atoms with Crippen molar-refractivity contribution in [2.24, 2.45) is 0 Å². The standard InChI is InChI=1S/C24H28N/c1-25(2)20-13-14-21(25)16-19(15-20)24-22-9-5-3-7-17(22)11-12-18-8-4-6-10-23(18)24/h3-10,20-21H,11-16H2,1-2H3/q+1. The highest BCUT2D eigenvalue weighted by molar-refractivity contribution is 5.86. The molecule has 2 saturated heterocycles. The first-order chi connectivity index (χ1) is 12.1. The molecule has 5 rings (SSSR count). The van der Waals surface area contributed by atoms with Gasteiger partial charge in [-0.15, -0.1) is 0 Å². The molecule has 1 heteroatoms. The van der Waals surface area contributed by atoms with E-state index in [1.807, 2.05) is 0 Å². The van der Waals surface area contributed by atoms with Crippen LogP contribution in [0.5, 0.6) is 0 Å². The van der Waals surface area contributed by atoms with Crippen molar-refractivity contribution in [3.05, 3.63) is 76.4 Å². The number of quaternary nitrogens is 1. The van der Waals surface area contributed by atoms with E-state index >= 15 is 0 Å². The lowest BCUT2D eigenvalue weighted by atomic mass is 9.83. The minimum Gasteiger partial charge on any atom is -0.323 e.